The first-order chi connectivity index (χ1) is 7.25. The van der Waals surface area contributed by atoms with Gasteiger partial charge in [0.2, 0.25) is 5.91 Å². The second-order valence-electron chi connectivity index (χ2n) is 3.91. The molecule has 0 unspecified atom stereocenters. The molecule has 2 N–H and O–H groups in total. The van der Waals surface area contributed by atoms with Crippen molar-refractivity contribution in [3.8, 4) is 5.75 Å². The first-order valence-electron chi connectivity index (χ1n) is 5.32. The summed E-state index contributed by atoms with van der Waals surface area (Å²) in [5.74, 6) is 0.425. The predicted octanol–water partition coefficient (Wildman–Crippen LogP) is 2.35. The van der Waals surface area contributed by atoms with Gasteiger partial charge in [-0.25, -0.2) is 0 Å². The van der Waals surface area contributed by atoms with Crippen LogP contribution in [0.25, 0.3) is 0 Å². The van der Waals surface area contributed by atoms with Gasteiger partial charge in [-0.15, -0.1) is 0 Å². The van der Waals surface area contributed by atoms with Gasteiger partial charge < -0.3 is 10.5 Å². The molecule has 0 radical (unpaired) electrons. The molecule has 3 heteroatoms. The number of rotatable bonds is 3. The van der Waals surface area contributed by atoms with Gasteiger partial charge >= 0.3 is 0 Å². The van der Waals surface area contributed by atoms with Gasteiger partial charge in [-0.3, -0.25) is 4.79 Å². The molecule has 3 nitrogen and oxygen atoms in total. The molecular formula is C12H17NO2. The van der Waals surface area contributed by atoms with Crippen molar-refractivity contribution >= 4 is 5.91 Å². The Balaban J connectivity index is 0.00000128. The number of hydrogen-bond acceptors (Lipinski definition) is 2. The van der Waals surface area contributed by atoms with E-state index in [9.17, 15) is 4.79 Å². The zero-order valence-corrected chi connectivity index (χ0v) is 8.61. The van der Waals surface area contributed by atoms with Crippen molar-refractivity contribution in [1.29, 1.82) is 0 Å². The van der Waals surface area contributed by atoms with E-state index in [4.69, 9.17) is 10.5 Å². The standard InChI is InChI=1S/C12H15NO2.H2/c13-12(14)9-5-7-11(8-6-9)15-10-3-1-2-4-10;/h5-8,10H,1-4H2,(H2,13,14);1H. The molecule has 15 heavy (non-hydrogen) atoms. The molecule has 0 aromatic heterocycles. The maximum Gasteiger partial charge on any atom is 0.248 e. The molecule has 1 fully saturated rings. The summed E-state index contributed by atoms with van der Waals surface area (Å²) < 4.78 is 5.76. The quantitative estimate of drug-likeness (QED) is 0.827. The minimum Gasteiger partial charge on any atom is -0.490 e. The van der Waals surface area contributed by atoms with E-state index in [0.29, 0.717) is 11.7 Å². The van der Waals surface area contributed by atoms with Crippen LogP contribution in [0.3, 0.4) is 0 Å². The average molecular weight is 207 g/mol. The van der Waals surface area contributed by atoms with Crippen molar-refractivity contribution in [2.24, 2.45) is 5.73 Å². The minimum absolute atomic E-state index is 0. The molecule has 2 rings (SSSR count). The summed E-state index contributed by atoms with van der Waals surface area (Å²) >= 11 is 0. The van der Waals surface area contributed by atoms with E-state index in [1.807, 2.05) is 0 Å². The van der Waals surface area contributed by atoms with E-state index < -0.39 is 5.91 Å². The van der Waals surface area contributed by atoms with Crippen LogP contribution < -0.4 is 10.5 Å². The molecular weight excluding hydrogens is 190 g/mol. The molecule has 0 aliphatic heterocycles. The second-order valence-corrected chi connectivity index (χ2v) is 3.91. The zero-order valence-electron chi connectivity index (χ0n) is 8.61. The monoisotopic (exact) mass is 207 g/mol. The third-order valence-corrected chi connectivity index (χ3v) is 2.74. The van der Waals surface area contributed by atoms with E-state index >= 15 is 0 Å². The Hall–Kier alpha value is -1.51. The van der Waals surface area contributed by atoms with Crippen LogP contribution >= 0.6 is 0 Å². The van der Waals surface area contributed by atoms with E-state index in [-0.39, 0.29) is 1.43 Å². The van der Waals surface area contributed by atoms with Gasteiger partial charge in [0.05, 0.1) is 6.10 Å². The number of carbonyl (C=O) groups excluding carboxylic acids is 1. The number of ether oxygens (including phenoxy) is 1. The highest BCUT2D eigenvalue weighted by Crippen LogP contribution is 2.24. The largest absolute Gasteiger partial charge is 0.490 e. The molecule has 1 aromatic rings. The summed E-state index contributed by atoms with van der Waals surface area (Å²) in [5.41, 5.74) is 5.67. The van der Waals surface area contributed by atoms with E-state index in [2.05, 4.69) is 0 Å². The average Bonchev–Trinajstić information content (AvgIpc) is 2.71. The van der Waals surface area contributed by atoms with Gasteiger partial charge in [0.1, 0.15) is 5.75 Å². The number of benzene rings is 1. The highest BCUT2D eigenvalue weighted by atomic mass is 16.5. The van der Waals surface area contributed by atoms with Crippen LogP contribution in [0.5, 0.6) is 5.75 Å². The molecule has 1 aliphatic carbocycles. The molecule has 82 valence electrons. The fourth-order valence-corrected chi connectivity index (χ4v) is 1.90. The van der Waals surface area contributed by atoms with Gasteiger partial charge in [0, 0.05) is 6.99 Å². The van der Waals surface area contributed by atoms with E-state index in [1.54, 1.807) is 24.3 Å². The summed E-state index contributed by atoms with van der Waals surface area (Å²) in [7, 11) is 0. The van der Waals surface area contributed by atoms with Crippen molar-refractivity contribution in [3.05, 3.63) is 29.8 Å². The Labute approximate surface area is 90.7 Å². The highest BCUT2D eigenvalue weighted by Gasteiger charge is 2.16. The molecule has 0 bridgehead atoms. The molecule has 1 aliphatic rings. The maximum absolute atomic E-state index is 10.8. The Morgan fingerprint density at radius 3 is 2.40 bits per heavy atom. The molecule has 1 aromatic carbocycles. The minimum atomic E-state index is -0.401. The van der Waals surface area contributed by atoms with Crippen molar-refractivity contribution in [1.82, 2.24) is 0 Å². The van der Waals surface area contributed by atoms with Gasteiger partial charge in [-0.2, -0.15) is 0 Å². The lowest BCUT2D eigenvalue weighted by atomic mass is 10.2. The van der Waals surface area contributed by atoms with Crippen LogP contribution in [0, 0.1) is 0 Å². The Bertz CT molecular complexity index is 345. The third-order valence-electron chi connectivity index (χ3n) is 2.74. The van der Waals surface area contributed by atoms with Crippen molar-refractivity contribution in [2.75, 3.05) is 0 Å². The SMILES string of the molecule is NC(=O)c1ccc(OC2CCCC2)cc1.[HH]. The Morgan fingerprint density at radius 1 is 1.27 bits per heavy atom. The number of carbonyl (C=O) groups is 1. The topological polar surface area (TPSA) is 52.3 Å². The first kappa shape index (κ1) is 10.0. The smallest absolute Gasteiger partial charge is 0.248 e. The molecule has 0 saturated heterocycles. The van der Waals surface area contributed by atoms with E-state index in [0.717, 1.165) is 18.6 Å². The van der Waals surface area contributed by atoms with Crippen LogP contribution in [0.4, 0.5) is 0 Å². The van der Waals surface area contributed by atoms with E-state index in [1.165, 1.54) is 12.8 Å². The zero-order chi connectivity index (χ0) is 10.7. The summed E-state index contributed by atoms with van der Waals surface area (Å²) in [6.45, 7) is 0. The second kappa shape index (κ2) is 4.34. The predicted molar refractivity (Wildman–Crippen MR) is 60.0 cm³/mol. The summed E-state index contributed by atoms with van der Waals surface area (Å²) in [6.07, 6.45) is 5.13. The fourth-order valence-electron chi connectivity index (χ4n) is 1.90. The summed E-state index contributed by atoms with van der Waals surface area (Å²) in [6, 6.07) is 7.01. The lowest BCUT2D eigenvalue weighted by molar-refractivity contribution is 0.100. The number of primary amides is 1. The van der Waals surface area contributed by atoms with Crippen LogP contribution in [0.2, 0.25) is 0 Å². The Kier molecular flexibility index (Phi) is 2.90. The normalized spacial score (nSPS) is 16.5. The highest BCUT2D eigenvalue weighted by molar-refractivity contribution is 5.92. The number of amides is 1. The van der Waals surface area contributed by atoms with Gasteiger partial charge in [-0.1, -0.05) is 0 Å². The number of hydrogen-bond donors (Lipinski definition) is 1. The molecule has 1 amide bonds. The van der Waals surface area contributed by atoms with Crippen LogP contribution in [0.15, 0.2) is 24.3 Å². The fraction of sp³-hybridized carbons (Fsp3) is 0.417. The summed E-state index contributed by atoms with van der Waals surface area (Å²) in [5, 5.41) is 0. The molecule has 1 saturated carbocycles. The van der Waals surface area contributed by atoms with Crippen LogP contribution in [-0.2, 0) is 0 Å². The van der Waals surface area contributed by atoms with Crippen molar-refractivity contribution in [2.45, 2.75) is 31.8 Å². The molecule has 0 atom stereocenters. The van der Waals surface area contributed by atoms with Gasteiger partial charge in [0.25, 0.3) is 0 Å². The molecule has 0 spiro atoms. The molecule has 0 heterocycles. The van der Waals surface area contributed by atoms with Gasteiger partial charge in [-0.05, 0) is 49.9 Å². The van der Waals surface area contributed by atoms with Crippen LogP contribution in [-0.4, -0.2) is 12.0 Å². The first-order valence-corrected chi connectivity index (χ1v) is 5.32. The summed E-state index contributed by atoms with van der Waals surface area (Å²) in [4.78, 5) is 10.8. The number of nitrogens with two attached hydrogens (primary N) is 1. The van der Waals surface area contributed by atoms with Crippen molar-refractivity contribution < 1.29 is 11.0 Å². The van der Waals surface area contributed by atoms with Crippen molar-refractivity contribution in [3.63, 3.8) is 0 Å². The van der Waals surface area contributed by atoms with Crippen LogP contribution in [0.1, 0.15) is 37.5 Å². The lowest BCUT2D eigenvalue weighted by Crippen LogP contribution is -2.12. The Morgan fingerprint density at radius 2 is 1.87 bits per heavy atom. The maximum atomic E-state index is 10.8. The van der Waals surface area contributed by atoms with Gasteiger partial charge in [0.15, 0.2) is 0 Å². The lowest BCUT2D eigenvalue weighted by Gasteiger charge is -2.12. The third kappa shape index (κ3) is 2.49.